The van der Waals surface area contributed by atoms with Crippen molar-refractivity contribution in [3.05, 3.63) is 27.9 Å². The fourth-order valence-electron chi connectivity index (χ4n) is 2.33. The molecule has 104 valence electrons. The van der Waals surface area contributed by atoms with E-state index in [9.17, 15) is 20.0 Å². The van der Waals surface area contributed by atoms with Gasteiger partial charge in [-0.15, -0.1) is 0 Å². The van der Waals surface area contributed by atoms with E-state index in [2.05, 4.69) is 10.3 Å². The van der Waals surface area contributed by atoms with Crippen molar-refractivity contribution in [2.45, 2.75) is 44.2 Å². The summed E-state index contributed by atoms with van der Waals surface area (Å²) in [6, 6.07) is 2.34. The van der Waals surface area contributed by atoms with Gasteiger partial charge in [0.25, 0.3) is 5.91 Å². The Morgan fingerprint density at radius 2 is 2.11 bits per heavy atom. The molecule has 2 atom stereocenters. The van der Waals surface area contributed by atoms with Crippen molar-refractivity contribution in [2.24, 2.45) is 0 Å². The lowest BCUT2D eigenvalue weighted by molar-refractivity contribution is -0.389. The monoisotopic (exact) mass is 267 g/mol. The van der Waals surface area contributed by atoms with Crippen LogP contribution in [0.1, 0.15) is 42.6 Å². The number of aromatic nitrogens is 1. The largest absolute Gasteiger partial charge is 0.391 e. The molecule has 1 aliphatic rings. The van der Waals surface area contributed by atoms with Crippen molar-refractivity contribution in [3.63, 3.8) is 0 Å². The summed E-state index contributed by atoms with van der Waals surface area (Å²) in [6.45, 7) is 0. The van der Waals surface area contributed by atoms with Crippen LogP contribution in [0.3, 0.4) is 0 Å². The Hall–Kier alpha value is -1.89. The summed E-state index contributed by atoms with van der Waals surface area (Å²) in [4.78, 5) is 24.3. The van der Waals surface area contributed by atoms with Gasteiger partial charge in [0.05, 0.1) is 12.1 Å². The predicted molar refractivity (Wildman–Crippen MR) is 67.8 cm³/mol. The summed E-state index contributed by atoms with van der Waals surface area (Å²) in [6.07, 6.45) is 3.84. The Bertz CT molecular complexity index is 471. The van der Waals surface area contributed by atoms with Crippen LogP contribution in [-0.4, -0.2) is 33.1 Å². The summed E-state index contributed by atoms with van der Waals surface area (Å²) >= 11 is 0. The number of nitro groups is 1. The molecule has 1 amide bonds. The minimum Gasteiger partial charge on any atom is -0.391 e. The van der Waals surface area contributed by atoms with E-state index in [1.807, 2.05) is 0 Å². The molecule has 0 saturated heterocycles. The molecule has 7 heteroatoms. The first-order valence-corrected chi connectivity index (χ1v) is 6.40. The van der Waals surface area contributed by atoms with Crippen LogP contribution in [0.2, 0.25) is 0 Å². The molecule has 0 radical (unpaired) electrons. The van der Waals surface area contributed by atoms with Crippen molar-refractivity contribution < 1.29 is 14.8 Å². The van der Waals surface area contributed by atoms with Gasteiger partial charge in [-0.1, -0.05) is 19.3 Å². The Kier molecular flexibility index (Phi) is 4.16. The molecule has 2 unspecified atom stereocenters. The second-order valence-electron chi connectivity index (χ2n) is 4.80. The second kappa shape index (κ2) is 5.83. The quantitative estimate of drug-likeness (QED) is 0.436. The number of carbonyl (C=O) groups excluding carboxylic acids is 1. The highest BCUT2D eigenvalue weighted by atomic mass is 16.6. The molecule has 1 saturated carbocycles. The third-order valence-corrected chi connectivity index (χ3v) is 3.41. The maximum Gasteiger partial charge on any atom is 0.321 e. The molecule has 19 heavy (non-hydrogen) atoms. The molecular weight excluding hydrogens is 250 g/mol. The highest BCUT2D eigenvalue weighted by Gasteiger charge is 2.25. The van der Waals surface area contributed by atoms with E-state index in [-0.39, 0.29) is 17.6 Å². The Labute approximate surface area is 110 Å². The number of nitrogens with zero attached hydrogens (tertiary/aromatic N) is 1. The number of carbonyl (C=O) groups is 1. The lowest BCUT2D eigenvalue weighted by Crippen LogP contribution is -2.42. The summed E-state index contributed by atoms with van der Waals surface area (Å²) in [5.41, 5.74) is 0.142. The number of hydrogen-bond acceptors (Lipinski definition) is 4. The maximum absolute atomic E-state index is 11.9. The van der Waals surface area contributed by atoms with Gasteiger partial charge in [0.1, 0.15) is 0 Å². The lowest BCUT2D eigenvalue weighted by atomic mass is 10.1. The zero-order chi connectivity index (χ0) is 13.8. The van der Waals surface area contributed by atoms with E-state index < -0.39 is 16.9 Å². The van der Waals surface area contributed by atoms with Crippen LogP contribution in [0.4, 0.5) is 5.82 Å². The second-order valence-corrected chi connectivity index (χ2v) is 4.80. The number of aromatic amines is 1. The van der Waals surface area contributed by atoms with Crippen LogP contribution < -0.4 is 5.32 Å². The van der Waals surface area contributed by atoms with Crippen molar-refractivity contribution in [1.29, 1.82) is 0 Å². The zero-order valence-corrected chi connectivity index (χ0v) is 10.5. The third kappa shape index (κ3) is 3.31. The summed E-state index contributed by atoms with van der Waals surface area (Å²) in [5.74, 6) is -0.634. The SMILES string of the molecule is O=C(NC1CCCCCC1O)c1ccc([N+](=O)[O-])[nH]1. The molecule has 7 nitrogen and oxygen atoms in total. The molecule has 1 fully saturated rings. The molecular formula is C12H17N3O4. The van der Waals surface area contributed by atoms with E-state index in [0.29, 0.717) is 6.42 Å². The zero-order valence-electron chi connectivity index (χ0n) is 10.5. The number of nitrogens with one attached hydrogen (secondary N) is 2. The van der Waals surface area contributed by atoms with E-state index in [0.717, 1.165) is 25.7 Å². The highest BCUT2D eigenvalue weighted by molar-refractivity contribution is 5.93. The van der Waals surface area contributed by atoms with Crippen LogP contribution in [0.5, 0.6) is 0 Å². The molecule has 2 rings (SSSR count). The number of amides is 1. The molecule has 3 N–H and O–H groups in total. The molecule has 0 spiro atoms. The van der Waals surface area contributed by atoms with Gasteiger partial charge >= 0.3 is 5.82 Å². The molecule has 0 aliphatic heterocycles. The Morgan fingerprint density at radius 3 is 2.79 bits per heavy atom. The van der Waals surface area contributed by atoms with E-state index in [4.69, 9.17) is 0 Å². The highest BCUT2D eigenvalue weighted by Crippen LogP contribution is 2.18. The smallest absolute Gasteiger partial charge is 0.321 e. The van der Waals surface area contributed by atoms with Crippen LogP contribution in [0, 0.1) is 10.1 Å². The molecule has 0 aromatic carbocycles. The predicted octanol–water partition coefficient (Wildman–Crippen LogP) is 1.35. The van der Waals surface area contributed by atoms with Gasteiger partial charge in [-0.2, -0.15) is 0 Å². The average molecular weight is 267 g/mol. The first kappa shape index (κ1) is 13.5. The molecule has 1 aliphatic carbocycles. The first-order chi connectivity index (χ1) is 9.08. The van der Waals surface area contributed by atoms with Crippen molar-refractivity contribution in [1.82, 2.24) is 10.3 Å². The van der Waals surface area contributed by atoms with Crippen LogP contribution in [-0.2, 0) is 0 Å². The number of rotatable bonds is 3. The van der Waals surface area contributed by atoms with Gasteiger partial charge in [0.15, 0.2) is 5.69 Å². The van der Waals surface area contributed by atoms with Gasteiger partial charge in [0, 0.05) is 6.07 Å². The Morgan fingerprint density at radius 1 is 1.37 bits per heavy atom. The standard InChI is InChI=1S/C12H17N3O4/c16-10-5-3-1-2-4-8(10)14-12(17)9-6-7-11(13-9)15(18)19/h6-8,10,13,16H,1-5H2,(H,14,17). The molecule has 1 aromatic heterocycles. The van der Waals surface area contributed by atoms with Gasteiger partial charge in [-0.25, -0.2) is 4.98 Å². The number of hydrogen-bond donors (Lipinski definition) is 3. The van der Waals surface area contributed by atoms with Crippen LogP contribution >= 0.6 is 0 Å². The molecule has 1 heterocycles. The van der Waals surface area contributed by atoms with Gasteiger partial charge in [-0.3, -0.25) is 4.79 Å². The fraction of sp³-hybridized carbons (Fsp3) is 0.583. The maximum atomic E-state index is 11.9. The van der Waals surface area contributed by atoms with Gasteiger partial charge in [0.2, 0.25) is 0 Å². The summed E-state index contributed by atoms with van der Waals surface area (Å²) in [5, 5.41) is 23.2. The van der Waals surface area contributed by atoms with Crippen molar-refractivity contribution in [3.8, 4) is 0 Å². The third-order valence-electron chi connectivity index (χ3n) is 3.41. The summed E-state index contributed by atoms with van der Waals surface area (Å²) in [7, 11) is 0. The normalized spacial score (nSPS) is 23.6. The van der Waals surface area contributed by atoms with Gasteiger partial charge in [-0.05, 0) is 23.8 Å². The van der Waals surface area contributed by atoms with E-state index in [1.165, 1.54) is 12.1 Å². The minimum absolute atomic E-state index is 0.142. The van der Waals surface area contributed by atoms with Crippen molar-refractivity contribution in [2.75, 3.05) is 0 Å². The summed E-state index contributed by atoms with van der Waals surface area (Å²) < 4.78 is 0. The Balaban J connectivity index is 2.00. The van der Waals surface area contributed by atoms with Gasteiger partial charge < -0.3 is 20.5 Å². The fourth-order valence-corrected chi connectivity index (χ4v) is 2.33. The average Bonchev–Trinajstić information content (AvgIpc) is 2.78. The van der Waals surface area contributed by atoms with Crippen LogP contribution in [0.25, 0.3) is 0 Å². The van der Waals surface area contributed by atoms with E-state index >= 15 is 0 Å². The number of aliphatic hydroxyl groups excluding tert-OH is 1. The first-order valence-electron chi connectivity index (χ1n) is 6.40. The molecule has 0 bridgehead atoms. The topological polar surface area (TPSA) is 108 Å². The van der Waals surface area contributed by atoms with E-state index in [1.54, 1.807) is 0 Å². The number of aliphatic hydroxyl groups is 1. The van der Waals surface area contributed by atoms with Crippen LogP contribution in [0.15, 0.2) is 12.1 Å². The molecule has 1 aromatic rings. The number of H-pyrrole nitrogens is 1. The minimum atomic E-state index is -0.586. The van der Waals surface area contributed by atoms with Crippen molar-refractivity contribution >= 4 is 11.7 Å². The lowest BCUT2D eigenvalue weighted by Gasteiger charge is -2.20.